The maximum absolute atomic E-state index is 13.5. The van der Waals surface area contributed by atoms with Crippen LogP contribution in [0.5, 0.6) is 0 Å². The summed E-state index contributed by atoms with van der Waals surface area (Å²) in [6.45, 7) is 0. The molecule has 1 saturated carbocycles. The molecular weight excluding hydrogens is 417 g/mol. The van der Waals surface area contributed by atoms with Crippen LogP contribution < -0.4 is 11.5 Å². The highest BCUT2D eigenvalue weighted by Gasteiger charge is 2.31. The molecule has 2 heterocycles. The molecule has 0 aliphatic heterocycles. The Morgan fingerprint density at radius 1 is 1.32 bits per heavy atom. The standard InChI is InChI=1S/C14H11BrFN5O3S/c15-9-5-7(1-2-10(9)16)21-12(19-23-14(21)22)11-13(20-24-18-11)25-8-3-6(17)4-8/h1-2,5-6,8H,3-4,17H2. The van der Waals surface area contributed by atoms with Crippen LogP contribution in [0.2, 0.25) is 0 Å². The van der Waals surface area contributed by atoms with Crippen molar-refractivity contribution in [3.63, 3.8) is 0 Å². The van der Waals surface area contributed by atoms with Crippen molar-refractivity contribution in [3.05, 3.63) is 39.0 Å². The van der Waals surface area contributed by atoms with Gasteiger partial charge in [0.05, 0.1) is 10.2 Å². The van der Waals surface area contributed by atoms with Gasteiger partial charge in [0.15, 0.2) is 10.7 Å². The van der Waals surface area contributed by atoms with E-state index in [9.17, 15) is 9.18 Å². The van der Waals surface area contributed by atoms with Crippen molar-refractivity contribution >= 4 is 27.7 Å². The number of nitrogens with two attached hydrogens (primary N) is 1. The van der Waals surface area contributed by atoms with Gasteiger partial charge in [-0.2, -0.15) is 0 Å². The predicted octanol–water partition coefficient (Wildman–Crippen LogP) is 2.36. The van der Waals surface area contributed by atoms with Gasteiger partial charge < -0.3 is 5.73 Å². The topological polar surface area (TPSA) is 113 Å². The summed E-state index contributed by atoms with van der Waals surface area (Å²) in [6, 6.07) is 4.31. The molecule has 3 aromatic rings. The Bertz CT molecular complexity index is 981. The maximum atomic E-state index is 13.5. The SMILES string of the molecule is NC1CC(Sc2nonc2-c2noc(=O)n2-c2ccc(F)c(Br)c2)C1. The fraction of sp³-hybridized carbons (Fsp3) is 0.286. The summed E-state index contributed by atoms with van der Waals surface area (Å²) in [5, 5.41) is 12.3. The highest BCUT2D eigenvalue weighted by molar-refractivity contribution is 9.10. The normalized spacial score (nSPS) is 19.8. The number of hydrogen-bond donors (Lipinski definition) is 1. The number of hydrogen-bond acceptors (Lipinski definition) is 8. The van der Waals surface area contributed by atoms with Crippen LogP contribution >= 0.6 is 27.7 Å². The average molecular weight is 428 g/mol. The first kappa shape index (κ1) is 16.5. The van der Waals surface area contributed by atoms with Crippen molar-refractivity contribution in [1.29, 1.82) is 0 Å². The maximum Gasteiger partial charge on any atom is 0.446 e. The first-order valence-corrected chi connectivity index (χ1v) is 8.99. The Balaban J connectivity index is 1.74. The minimum Gasteiger partial charge on any atom is -0.328 e. The summed E-state index contributed by atoms with van der Waals surface area (Å²) < 4.78 is 24.5. The van der Waals surface area contributed by atoms with E-state index in [2.05, 4.69) is 31.4 Å². The lowest BCUT2D eigenvalue weighted by Crippen LogP contribution is -2.38. The molecular formula is C14H11BrFN5O3S. The van der Waals surface area contributed by atoms with Crippen LogP contribution in [0.1, 0.15) is 12.8 Å². The monoisotopic (exact) mass is 427 g/mol. The average Bonchev–Trinajstić information content (AvgIpc) is 3.15. The summed E-state index contributed by atoms with van der Waals surface area (Å²) >= 11 is 4.56. The lowest BCUT2D eigenvalue weighted by Gasteiger charge is -2.30. The van der Waals surface area contributed by atoms with Gasteiger partial charge in [0.2, 0.25) is 5.82 Å². The molecule has 0 spiro atoms. The fourth-order valence-corrected chi connectivity index (χ4v) is 4.19. The van der Waals surface area contributed by atoms with Crippen LogP contribution in [0.4, 0.5) is 4.39 Å². The van der Waals surface area contributed by atoms with E-state index < -0.39 is 11.6 Å². The molecule has 0 unspecified atom stereocenters. The van der Waals surface area contributed by atoms with E-state index in [4.69, 9.17) is 14.9 Å². The summed E-state index contributed by atoms with van der Waals surface area (Å²) in [7, 11) is 0. The summed E-state index contributed by atoms with van der Waals surface area (Å²) in [5.41, 5.74) is 6.46. The molecule has 1 aromatic carbocycles. The van der Waals surface area contributed by atoms with Gasteiger partial charge in [-0.3, -0.25) is 4.52 Å². The second-order valence-electron chi connectivity index (χ2n) is 5.60. The first-order chi connectivity index (χ1) is 12.0. The van der Waals surface area contributed by atoms with Crippen molar-refractivity contribution < 1.29 is 13.5 Å². The Morgan fingerprint density at radius 2 is 2.12 bits per heavy atom. The van der Waals surface area contributed by atoms with E-state index in [-0.39, 0.29) is 22.0 Å². The molecule has 130 valence electrons. The van der Waals surface area contributed by atoms with Crippen LogP contribution in [0.25, 0.3) is 17.2 Å². The molecule has 0 bridgehead atoms. The zero-order valence-corrected chi connectivity index (χ0v) is 15.0. The van der Waals surface area contributed by atoms with E-state index in [0.29, 0.717) is 16.0 Å². The van der Waals surface area contributed by atoms with Crippen LogP contribution in [0.3, 0.4) is 0 Å². The van der Waals surface area contributed by atoms with Gasteiger partial charge >= 0.3 is 5.76 Å². The van der Waals surface area contributed by atoms with Crippen LogP contribution in [-0.2, 0) is 0 Å². The van der Waals surface area contributed by atoms with E-state index >= 15 is 0 Å². The Hall–Kier alpha value is -1.98. The Kier molecular flexibility index (Phi) is 4.21. The molecule has 0 saturated heterocycles. The second kappa shape index (κ2) is 6.39. The molecule has 11 heteroatoms. The van der Waals surface area contributed by atoms with Crippen molar-refractivity contribution in [2.75, 3.05) is 0 Å². The van der Waals surface area contributed by atoms with E-state index in [1.54, 1.807) is 0 Å². The van der Waals surface area contributed by atoms with E-state index in [0.717, 1.165) is 12.8 Å². The molecule has 0 amide bonds. The van der Waals surface area contributed by atoms with Crippen LogP contribution in [0.15, 0.2) is 41.6 Å². The molecule has 8 nitrogen and oxygen atoms in total. The number of benzene rings is 1. The summed E-state index contributed by atoms with van der Waals surface area (Å²) in [6.07, 6.45) is 1.74. The highest BCUT2D eigenvalue weighted by atomic mass is 79.9. The fourth-order valence-electron chi connectivity index (χ4n) is 2.51. The van der Waals surface area contributed by atoms with Gasteiger partial charge in [0.25, 0.3) is 0 Å². The van der Waals surface area contributed by atoms with Crippen LogP contribution in [0, 0.1) is 5.82 Å². The van der Waals surface area contributed by atoms with E-state index in [1.807, 2.05) is 0 Å². The molecule has 0 radical (unpaired) electrons. The molecule has 4 rings (SSSR count). The van der Waals surface area contributed by atoms with E-state index in [1.165, 1.54) is 34.5 Å². The predicted molar refractivity (Wildman–Crippen MR) is 89.9 cm³/mol. The third-order valence-corrected chi connectivity index (χ3v) is 5.66. The van der Waals surface area contributed by atoms with Crippen molar-refractivity contribution in [1.82, 2.24) is 20.0 Å². The van der Waals surface area contributed by atoms with Crippen LogP contribution in [-0.4, -0.2) is 31.3 Å². The number of nitrogens with zero attached hydrogens (tertiary/aromatic N) is 4. The third-order valence-electron chi connectivity index (χ3n) is 3.85. The zero-order chi connectivity index (χ0) is 17.6. The highest BCUT2D eigenvalue weighted by Crippen LogP contribution is 2.38. The van der Waals surface area contributed by atoms with Crippen molar-refractivity contribution in [3.8, 4) is 17.2 Å². The lowest BCUT2D eigenvalue weighted by molar-refractivity contribution is 0.299. The number of aromatic nitrogens is 4. The Morgan fingerprint density at radius 3 is 2.84 bits per heavy atom. The van der Waals surface area contributed by atoms with Gasteiger partial charge in [0, 0.05) is 11.3 Å². The minimum absolute atomic E-state index is 0.135. The quantitative estimate of drug-likeness (QED) is 0.674. The molecule has 1 aliphatic rings. The lowest BCUT2D eigenvalue weighted by atomic mass is 9.94. The van der Waals surface area contributed by atoms with Crippen molar-refractivity contribution in [2.24, 2.45) is 5.73 Å². The molecule has 2 N–H and O–H groups in total. The number of halogens is 2. The summed E-state index contributed by atoms with van der Waals surface area (Å²) in [5.74, 6) is -1.04. The Labute approximate surface area is 152 Å². The van der Waals surface area contributed by atoms with Crippen molar-refractivity contribution in [2.45, 2.75) is 29.2 Å². The molecule has 1 aliphatic carbocycles. The summed E-state index contributed by atoms with van der Waals surface area (Å²) in [4.78, 5) is 12.1. The number of thioether (sulfide) groups is 1. The number of rotatable bonds is 4. The van der Waals surface area contributed by atoms with Gasteiger partial charge in [0.1, 0.15) is 5.82 Å². The van der Waals surface area contributed by atoms with Gasteiger partial charge in [-0.15, -0.1) is 0 Å². The van der Waals surface area contributed by atoms with Gasteiger partial charge in [-0.25, -0.2) is 18.4 Å². The molecule has 2 aromatic heterocycles. The largest absolute Gasteiger partial charge is 0.446 e. The first-order valence-electron chi connectivity index (χ1n) is 7.32. The molecule has 1 fully saturated rings. The molecule has 25 heavy (non-hydrogen) atoms. The second-order valence-corrected chi connectivity index (χ2v) is 7.74. The smallest absolute Gasteiger partial charge is 0.328 e. The minimum atomic E-state index is -0.724. The molecule has 0 atom stereocenters. The third kappa shape index (κ3) is 3.02. The van der Waals surface area contributed by atoms with Gasteiger partial charge in [-0.05, 0) is 57.3 Å². The van der Waals surface area contributed by atoms with Gasteiger partial charge in [-0.1, -0.05) is 16.9 Å². The zero-order valence-electron chi connectivity index (χ0n) is 12.6.